The van der Waals surface area contributed by atoms with Crippen LogP contribution in [0.15, 0.2) is 91.0 Å². The van der Waals surface area contributed by atoms with E-state index in [-0.39, 0.29) is 0 Å². The molecule has 160 valence electrons. The molecule has 0 radical (unpaired) electrons. The molecule has 0 fully saturated rings. The van der Waals surface area contributed by atoms with Crippen LogP contribution in [0.3, 0.4) is 0 Å². The maximum absolute atomic E-state index is 12.6. The van der Waals surface area contributed by atoms with E-state index in [1.807, 2.05) is 91.0 Å². The van der Waals surface area contributed by atoms with E-state index >= 15 is 0 Å². The minimum atomic E-state index is -4.85. The summed E-state index contributed by atoms with van der Waals surface area (Å²) in [6.45, 7) is -1.79. The van der Waals surface area contributed by atoms with Crippen LogP contribution >= 0.6 is 14.7 Å². The van der Waals surface area contributed by atoms with Gasteiger partial charge in [0.25, 0.3) is 0 Å². The molecule has 0 amide bonds. The zero-order valence-electron chi connectivity index (χ0n) is 17.3. The van der Waals surface area contributed by atoms with Crippen molar-refractivity contribution in [1.29, 1.82) is 0 Å². The van der Waals surface area contributed by atoms with E-state index in [1.54, 1.807) is 0 Å². The molecular formula is C24H30O4P2. The molecule has 2 N–H and O–H groups in total. The third-order valence-corrected chi connectivity index (χ3v) is 13.3. The summed E-state index contributed by atoms with van der Waals surface area (Å²) >= 11 is 0. The Morgan fingerprint density at radius 2 is 1.10 bits per heavy atom. The first-order chi connectivity index (χ1) is 14.4. The van der Waals surface area contributed by atoms with Crippen molar-refractivity contribution in [1.82, 2.24) is 0 Å². The molecule has 0 heterocycles. The fourth-order valence-electron chi connectivity index (χ4n) is 4.32. The first-order valence-corrected chi connectivity index (χ1v) is 14.2. The summed E-state index contributed by atoms with van der Waals surface area (Å²) in [5, 5.41) is 2.50. The Balaban J connectivity index is 2.42. The van der Waals surface area contributed by atoms with Gasteiger partial charge in [-0.25, -0.2) is 0 Å². The average molecular weight is 444 g/mol. The first kappa shape index (κ1) is 22.9. The Hall–Kier alpha value is -1.80. The number of hydrogen-bond donors (Lipinski definition) is 2. The van der Waals surface area contributed by atoms with Crippen molar-refractivity contribution < 1.29 is 18.7 Å². The van der Waals surface area contributed by atoms with Crippen molar-refractivity contribution in [2.75, 3.05) is 6.16 Å². The fraction of sp³-hybridized carbons (Fsp3) is 0.250. The van der Waals surface area contributed by atoms with Gasteiger partial charge >= 0.3 is 179 Å². The summed E-state index contributed by atoms with van der Waals surface area (Å²) in [5.74, 6) is 0. The number of rotatable bonds is 10. The van der Waals surface area contributed by atoms with E-state index in [1.165, 1.54) is 0 Å². The molecule has 6 heteroatoms. The normalized spacial score (nSPS) is 13.5. The van der Waals surface area contributed by atoms with Crippen LogP contribution < -0.4 is 15.9 Å². The molecule has 0 unspecified atom stereocenters. The topological polar surface area (TPSA) is 66.8 Å². The Bertz CT molecular complexity index is 872. The Morgan fingerprint density at radius 3 is 1.43 bits per heavy atom. The molecule has 0 aliphatic rings. The minimum absolute atomic E-state index is 0.536. The average Bonchev–Trinajstić information content (AvgIpc) is 2.77. The summed E-state index contributed by atoms with van der Waals surface area (Å²) < 4.78 is 18.7. The Morgan fingerprint density at radius 1 is 0.700 bits per heavy atom. The fourth-order valence-corrected chi connectivity index (χ4v) is 12.6. The molecule has 0 bridgehead atoms. The van der Waals surface area contributed by atoms with E-state index in [0.29, 0.717) is 6.16 Å². The van der Waals surface area contributed by atoms with Crippen LogP contribution in [-0.2, 0) is 8.88 Å². The summed E-state index contributed by atoms with van der Waals surface area (Å²) in [6, 6.07) is 28.9. The second kappa shape index (κ2) is 9.56. The molecule has 4 nitrogen and oxygen atoms in total. The summed E-state index contributed by atoms with van der Waals surface area (Å²) in [6.07, 6.45) is 4.47. The number of unbranched alkanes of at least 4 members (excludes halogenated alkanes) is 3. The van der Waals surface area contributed by atoms with E-state index in [2.05, 4.69) is 6.92 Å². The molecule has 3 aromatic carbocycles. The molecule has 0 saturated carbocycles. The van der Waals surface area contributed by atoms with Gasteiger partial charge in [0.2, 0.25) is 0 Å². The predicted octanol–water partition coefficient (Wildman–Crippen LogP) is 5.12. The van der Waals surface area contributed by atoms with Gasteiger partial charge in [0.15, 0.2) is 0 Å². The van der Waals surface area contributed by atoms with E-state index in [9.17, 15) is 14.4 Å². The van der Waals surface area contributed by atoms with E-state index in [4.69, 9.17) is 4.31 Å². The van der Waals surface area contributed by atoms with Gasteiger partial charge < -0.3 is 0 Å². The van der Waals surface area contributed by atoms with Crippen LogP contribution in [0, 0.1) is 0 Å². The van der Waals surface area contributed by atoms with Gasteiger partial charge in [-0.15, -0.1) is 0 Å². The number of benzene rings is 3. The second-order valence-electron chi connectivity index (χ2n) is 7.58. The molecule has 0 spiro atoms. The standard InChI is InChI=1S/C24H30O4P2/c1-2-3-4-14-21-30(28-29(25,26)27,22-15-8-5-9-16-22,23-17-10-6-11-18-23)24-19-12-7-13-20-24/h5-13,15-20H,2-4,14,21H2,1H3,(H2,25,26,27). The Labute approximate surface area is 179 Å². The predicted molar refractivity (Wildman–Crippen MR) is 127 cm³/mol. The SMILES string of the molecule is CCCCCCP(OP(=O)(O)O)(c1ccccc1)(c1ccccc1)c1ccccc1. The van der Waals surface area contributed by atoms with Gasteiger partial charge in [-0.3, -0.25) is 0 Å². The number of hydrogen-bond acceptors (Lipinski definition) is 2. The van der Waals surface area contributed by atoms with Crippen LogP contribution in [-0.4, -0.2) is 15.9 Å². The quantitative estimate of drug-likeness (QED) is 0.337. The van der Waals surface area contributed by atoms with Crippen LogP contribution in [0.1, 0.15) is 32.6 Å². The third-order valence-electron chi connectivity index (χ3n) is 5.63. The van der Waals surface area contributed by atoms with Crippen molar-refractivity contribution in [3.8, 4) is 0 Å². The maximum atomic E-state index is 12.6. The van der Waals surface area contributed by atoms with Gasteiger partial charge in [-0.05, 0) is 0 Å². The molecule has 0 aliphatic heterocycles. The molecule has 0 aliphatic carbocycles. The van der Waals surface area contributed by atoms with Crippen molar-refractivity contribution in [3.63, 3.8) is 0 Å². The van der Waals surface area contributed by atoms with Crippen molar-refractivity contribution in [2.24, 2.45) is 0 Å². The first-order valence-electron chi connectivity index (χ1n) is 10.4. The summed E-state index contributed by atoms with van der Waals surface area (Å²) in [5.41, 5.74) is 0. The van der Waals surface area contributed by atoms with Crippen LogP contribution in [0.25, 0.3) is 0 Å². The molecule has 0 saturated heterocycles. The molecule has 0 atom stereocenters. The van der Waals surface area contributed by atoms with Crippen LogP contribution in [0.5, 0.6) is 0 Å². The number of phosphoric acid groups is 1. The monoisotopic (exact) mass is 444 g/mol. The second-order valence-corrected chi connectivity index (χ2v) is 13.6. The van der Waals surface area contributed by atoms with Gasteiger partial charge in [0.1, 0.15) is 0 Å². The third kappa shape index (κ3) is 4.44. The molecule has 0 aromatic heterocycles. The summed E-state index contributed by atoms with van der Waals surface area (Å²) in [7, 11) is -4.85. The molecule has 3 rings (SSSR count). The van der Waals surface area contributed by atoms with Crippen LogP contribution in [0.4, 0.5) is 0 Å². The van der Waals surface area contributed by atoms with Gasteiger partial charge in [0.05, 0.1) is 0 Å². The van der Waals surface area contributed by atoms with Gasteiger partial charge in [0, 0.05) is 0 Å². The van der Waals surface area contributed by atoms with Crippen molar-refractivity contribution >= 4 is 30.6 Å². The van der Waals surface area contributed by atoms with E-state index in [0.717, 1.165) is 41.6 Å². The zero-order chi connectivity index (χ0) is 21.5. The zero-order valence-corrected chi connectivity index (χ0v) is 19.1. The Kier molecular flexibility index (Phi) is 7.29. The molecule has 3 aromatic rings. The molecule has 30 heavy (non-hydrogen) atoms. The van der Waals surface area contributed by atoms with Crippen LogP contribution in [0.2, 0.25) is 0 Å². The van der Waals surface area contributed by atoms with E-state index < -0.39 is 14.7 Å². The van der Waals surface area contributed by atoms with Gasteiger partial charge in [-0.2, -0.15) is 0 Å². The van der Waals surface area contributed by atoms with Crippen molar-refractivity contribution in [2.45, 2.75) is 32.6 Å². The van der Waals surface area contributed by atoms with Gasteiger partial charge in [-0.1, -0.05) is 0 Å². The summed E-state index contributed by atoms with van der Waals surface area (Å²) in [4.78, 5) is 20.5. The molecular weight excluding hydrogens is 414 g/mol. The van der Waals surface area contributed by atoms with Crippen molar-refractivity contribution in [3.05, 3.63) is 91.0 Å².